The molecule has 1 aliphatic rings. The van der Waals surface area contributed by atoms with Crippen LogP contribution in [0.4, 0.5) is 0 Å². The number of imidazole rings is 1. The molecule has 1 saturated heterocycles. The fourth-order valence-corrected chi connectivity index (χ4v) is 3.72. The highest BCUT2D eigenvalue weighted by Crippen LogP contribution is 2.25. The molecule has 0 amide bonds. The first-order chi connectivity index (χ1) is 13.1. The van der Waals surface area contributed by atoms with Crippen LogP contribution in [0, 0.1) is 6.92 Å². The second-order valence-corrected chi connectivity index (χ2v) is 7.11. The summed E-state index contributed by atoms with van der Waals surface area (Å²) in [4.78, 5) is 21.8. The van der Waals surface area contributed by atoms with Crippen molar-refractivity contribution in [3.63, 3.8) is 0 Å². The predicted octanol–water partition coefficient (Wildman–Crippen LogP) is 2.94. The number of ketones is 1. The highest BCUT2D eigenvalue weighted by Gasteiger charge is 2.18. The van der Waals surface area contributed by atoms with Gasteiger partial charge in [0.2, 0.25) is 0 Å². The van der Waals surface area contributed by atoms with Crippen LogP contribution in [0.3, 0.4) is 0 Å². The normalized spacial score (nSPS) is 15.2. The van der Waals surface area contributed by atoms with Crippen LogP contribution in [0.1, 0.15) is 46.1 Å². The average molecular weight is 364 g/mol. The number of nitrogens with one attached hydrogen (secondary N) is 1. The maximum absolute atomic E-state index is 12.9. The topological polar surface area (TPSA) is 68.5 Å². The van der Waals surface area contributed by atoms with Gasteiger partial charge in [0.25, 0.3) is 0 Å². The van der Waals surface area contributed by atoms with Crippen LogP contribution in [0.15, 0.2) is 36.8 Å². The quantitative estimate of drug-likeness (QED) is 0.705. The molecule has 1 fully saturated rings. The Bertz CT molecular complexity index is 956. The molecular formula is C21H24N4O2. The van der Waals surface area contributed by atoms with Crippen molar-refractivity contribution in [3.8, 4) is 5.75 Å². The minimum Gasteiger partial charge on any atom is -0.496 e. The Kier molecular flexibility index (Phi) is 4.90. The van der Waals surface area contributed by atoms with E-state index in [9.17, 15) is 4.79 Å². The minimum absolute atomic E-state index is 0.0118. The van der Waals surface area contributed by atoms with Crippen molar-refractivity contribution in [2.24, 2.45) is 0 Å². The highest BCUT2D eigenvalue weighted by molar-refractivity contribution is 6.00. The molecule has 0 unspecified atom stereocenters. The minimum atomic E-state index is -0.0118. The van der Waals surface area contributed by atoms with E-state index < -0.39 is 0 Å². The van der Waals surface area contributed by atoms with Gasteiger partial charge in [-0.3, -0.25) is 9.78 Å². The number of carbonyl (C=O) groups is 1. The van der Waals surface area contributed by atoms with Crippen molar-refractivity contribution >= 4 is 11.4 Å². The molecule has 6 heteroatoms. The van der Waals surface area contributed by atoms with Gasteiger partial charge in [-0.25, -0.2) is 4.98 Å². The number of hydrogen-bond acceptors (Lipinski definition) is 5. The van der Waals surface area contributed by atoms with Crippen LogP contribution in [0.5, 0.6) is 5.75 Å². The number of pyridine rings is 2. The first-order valence-corrected chi connectivity index (χ1v) is 9.36. The Morgan fingerprint density at radius 1 is 1.30 bits per heavy atom. The molecule has 1 N–H and O–H groups in total. The van der Waals surface area contributed by atoms with E-state index in [2.05, 4.69) is 21.4 Å². The van der Waals surface area contributed by atoms with E-state index in [1.165, 1.54) is 5.56 Å². The van der Waals surface area contributed by atoms with E-state index >= 15 is 0 Å². The zero-order valence-electron chi connectivity index (χ0n) is 15.7. The van der Waals surface area contributed by atoms with Gasteiger partial charge in [-0.1, -0.05) is 6.07 Å². The summed E-state index contributed by atoms with van der Waals surface area (Å²) in [7, 11) is 1.57. The molecule has 6 nitrogen and oxygen atoms in total. The molecule has 1 aliphatic heterocycles. The highest BCUT2D eigenvalue weighted by atomic mass is 16.5. The van der Waals surface area contributed by atoms with E-state index in [1.54, 1.807) is 19.4 Å². The summed E-state index contributed by atoms with van der Waals surface area (Å²) < 4.78 is 7.28. The molecule has 4 heterocycles. The Morgan fingerprint density at radius 2 is 2.11 bits per heavy atom. The molecule has 0 aliphatic carbocycles. The van der Waals surface area contributed by atoms with Crippen molar-refractivity contribution < 1.29 is 9.53 Å². The van der Waals surface area contributed by atoms with Gasteiger partial charge in [-0.05, 0) is 50.4 Å². The van der Waals surface area contributed by atoms with Gasteiger partial charge >= 0.3 is 0 Å². The van der Waals surface area contributed by atoms with Crippen LogP contribution >= 0.6 is 0 Å². The number of aryl methyl sites for hydroxylation is 1. The van der Waals surface area contributed by atoms with Crippen molar-refractivity contribution in [1.29, 1.82) is 0 Å². The SMILES string of the molecule is COc1cc2nc(C)cn2cc1C(=O)Cc1ccc(C2CCNCC2)cn1. The first kappa shape index (κ1) is 17.7. The zero-order valence-corrected chi connectivity index (χ0v) is 15.7. The lowest BCUT2D eigenvalue weighted by Gasteiger charge is -2.22. The summed E-state index contributed by atoms with van der Waals surface area (Å²) in [5.41, 5.74) is 4.26. The largest absolute Gasteiger partial charge is 0.496 e. The monoisotopic (exact) mass is 364 g/mol. The number of ether oxygens (including phenoxy) is 1. The van der Waals surface area contributed by atoms with Gasteiger partial charge in [0.1, 0.15) is 11.4 Å². The standard InChI is InChI=1S/C21H24N4O2/c1-14-12-25-13-18(20(27-2)10-21(25)24-14)19(26)9-17-4-3-16(11-23-17)15-5-7-22-8-6-15/h3-4,10-13,15,22H,5-9H2,1-2H3. The van der Waals surface area contributed by atoms with E-state index in [0.717, 1.165) is 43.0 Å². The van der Waals surface area contributed by atoms with Gasteiger partial charge in [-0.15, -0.1) is 0 Å². The van der Waals surface area contributed by atoms with Crippen molar-refractivity contribution in [1.82, 2.24) is 19.7 Å². The van der Waals surface area contributed by atoms with Crippen molar-refractivity contribution in [2.75, 3.05) is 20.2 Å². The zero-order chi connectivity index (χ0) is 18.8. The molecule has 0 saturated carbocycles. The fraction of sp³-hybridized carbons (Fsp3) is 0.381. The van der Waals surface area contributed by atoms with Gasteiger partial charge in [0.15, 0.2) is 5.78 Å². The molecule has 27 heavy (non-hydrogen) atoms. The molecule has 0 radical (unpaired) electrons. The first-order valence-electron chi connectivity index (χ1n) is 9.36. The number of fused-ring (bicyclic) bond motifs is 1. The Hall–Kier alpha value is -2.73. The summed E-state index contributed by atoms with van der Waals surface area (Å²) in [6.45, 7) is 4.04. The number of piperidine rings is 1. The molecule has 0 atom stereocenters. The second kappa shape index (κ2) is 7.48. The van der Waals surface area contributed by atoms with Crippen LogP contribution in [-0.2, 0) is 6.42 Å². The van der Waals surface area contributed by atoms with Gasteiger partial charge in [0.05, 0.1) is 24.8 Å². The fourth-order valence-electron chi connectivity index (χ4n) is 3.72. The van der Waals surface area contributed by atoms with Gasteiger partial charge < -0.3 is 14.5 Å². The Morgan fingerprint density at radius 3 is 2.81 bits per heavy atom. The number of Topliss-reactive ketones (excluding diaryl/α,β-unsaturated/α-hetero) is 1. The Labute approximate surface area is 158 Å². The van der Waals surface area contributed by atoms with Gasteiger partial charge in [0, 0.05) is 30.4 Å². The van der Waals surface area contributed by atoms with Crippen LogP contribution < -0.4 is 10.1 Å². The number of hydrogen-bond donors (Lipinski definition) is 1. The lowest BCUT2D eigenvalue weighted by atomic mass is 9.91. The molecule has 140 valence electrons. The molecular weight excluding hydrogens is 340 g/mol. The average Bonchev–Trinajstić information content (AvgIpc) is 3.07. The summed E-state index contributed by atoms with van der Waals surface area (Å²) >= 11 is 0. The smallest absolute Gasteiger partial charge is 0.174 e. The molecule has 0 spiro atoms. The number of nitrogens with zero attached hydrogens (tertiary/aromatic N) is 3. The van der Waals surface area contributed by atoms with Crippen LogP contribution in [0.2, 0.25) is 0 Å². The van der Waals surface area contributed by atoms with E-state index in [0.29, 0.717) is 17.2 Å². The van der Waals surface area contributed by atoms with E-state index in [1.807, 2.05) is 29.8 Å². The van der Waals surface area contributed by atoms with Crippen LogP contribution in [-0.4, -0.2) is 40.4 Å². The summed E-state index contributed by atoms with van der Waals surface area (Å²) in [6, 6.07) is 5.89. The summed E-state index contributed by atoms with van der Waals surface area (Å²) in [5, 5.41) is 3.38. The van der Waals surface area contributed by atoms with Crippen molar-refractivity contribution in [3.05, 3.63) is 59.3 Å². The Balaban J connectivity index is 1.54. The summed E-state index contributed by atoms with van der Waals surface area (Å²) in [5.74, 6) is 1.10. The van der Waals surface area contributed by atoms with E-state index in [-0.39, 0.29) is 12.2 Å². The second-order valence-electron chi connectivity index (χ2n) is 7.11. The predicted molar refractivity (Wildman–Crippen MR) is 104 cm³/mol. The number of rotatable bonds is 5. The molecule has 0 bridgehead atoms. The third-order valence-corrected chi connectivity index (χ3v) is 5.20. The number of aromatic nitrogens is 3. The lowest BCUT2D eigenvalue weighted by molar-refractivity contribution is 0.0988. The molecule has 3 aromatic heterocycles. The molecule has 0 aromatic carbocycles. The maximum atomic E-state index is 12.9. The molecule has 4 rings (SSSR count). The van der Waals surface area contributed by atoms with Gasteiger partial charge in [-0.2, -0.15) is 0 Å². The maximum Gasteiger partial charge on any atom is 0.174 e. The third-order valence-electron chi connectivity index (χ3n) is 5.20. The van der Waals surface area contributed by atoms with E-state index in [4.69, 9.17) is 4.74 Å². The third kappa shape index (κ3) is 3.71. The molecule has 3 aromatic rings. The number of carbonyl (C=O) groups excluding carboxylic acids is 1. The number of methoxy groups -OCH3 is 1. The van der Waals surface area contributed by atoms with Crippen LogP contribution in [0.25, 0.3) is 5.65 Å². The van der Waals surface area contributed by atoms with Crippen molar-refractivity contribution in [2.45, 2.75) is 32.1 Å². The summed E-state index contributed by atoms with van der Waals surface area (Å²) in [6.07, 6.45) is 8.15. The lowest BCUT2D eigenvalue weighted by Crippen LogP contribution is -2.26.